The molecule has 10 heteroatoms. The summed E-state index contributed by atoms with van der Waals surface area (Å²) in [6.45, 7) is 6.24. The smallest absolute Gasteiger partial charge is 0.227 e. The van der Waals surface area contributed by atoms with E-state index in [1.54, 1.807) is 0 Å². The lowest BCUT2D eigenvalue weighted by Gasteiger charge is -2.27. The van der Waals surface area contributed by atoms with Crippen LogP contribution in [0.15, 0.2) is 0 Å². The second-order valence-electron chi connectivity index (χ2n) is 12.1. The van der Waals surface area contributed by atoms with Crippen LogP contribution in [-0.2, 0) is 0 Å². The van der Waals surface area contributed by atoms with Crippen LogP contribution in [0.4, 0.5) is 23.8 Å². The topological polar surface area (TPSA) is 153 Å². The molecule has 0 bridgehead atoms. The zero-order chi connectivity index (χ0) is 29.8. The van der Waals surface area contributed by atoms with Crippen LogP contribution < -0.4 is 22.1 Å². The highest BCUT2D eigenvalue weighted by atomic mass is 15.2. The zero-order valence-electron chi connectivity index (χ0n) is 26.5. The van der Waals surface area contributed by atoms with Crippen LogP contribution >= 0.6 is 0 Å². The van der Waals surface area contributed by atoms with E-state index < -0.39 is 0 Å². The van der Waals surface area contributed by atoms with E-state index in [1.807, 2.05) is 0 Å². The molecule has 0 amide bonds. The molecule has 1 aliphatic rings. The van der Waals surface area contributed by atoms with E-state index in [4.69, 9.17) is 21.4 Å². The first kappa shape index (κ1) is 33.7. The van der Waals surface area contributed by atoms with E-state index in [9.17, 15) is 0 Å². The Kier molecular flexibility index (Phi) is 16.2. The van der Waals surface area contributed by atoms with Gasteiger partial charge >= 0.3 is 0 Å². The lowest BCUT2D eigenvalue weighted by atomic mass is 9.81. The number of hydrogen-bond donors (Lipinski definition) is 4. The van der Waals surface area contributed by atoms with Gasteiger partial charge in [0.05, 0.1) is 0 Å². The maximum atomic E-state index is 6.07. The van der Waals surface area contributed by atoms with Crippen LogP contribution in [0.2, 0.25) is 0 Å². The molecule has 0 aliphatic heterocycles. The zero-order valence-corrected chi connectivity index (χ0v) is 26.5. The summed E-state index contributed by atoms with van der Waals surface area (Å²) in [6.07, 6.45) is 24.5. The molecular weight excluding hydrogens is 524 g/mol. The summed E-state index contributed by atoms with van der Waals surface area (Å²) >= 11 is 0. The SMILES string of the molecule is CCCCCCCCCCNc1nc(N)nc(C2CCC(c3nc(N)nc(NCCCCCCCCCC)n3)CC2)n1. The van der Waals surface area contributed by atoms with Gasteiger partial charge in [-0.15, -0.1) is 0 Å². The van der Waals surface area contributed by atoms with Gasteiger partial charge in [0.25, 0.3) is 0 Å². The molecule has 0 saturated heterocycles. The van der Waals surface area contributed by atoms with Crippen molar-refractivity contribution in [2.75, 3.05) is 35.2 Å². The van der Waals surface area contributed by atoms with Gasteiger partial charge < -0.3 is 22.1 Å². The summed E-state index contributed by atoms with van der Waals surface area (Å²) < 4.78 is 0. The van der Waals surface area contributed by atoms with Crippen LogP contribution in [0, 0.1) is 0 Å². The predicted molar refractivity (Wildman–Crippen MR) is 175 cm³/mol. The van der Waals surface area contributed by atoms with Crippen LogP contribution in [0.3, 0.4) is 0 Å². The quantitative estimate of drug-likeness (QED) is 0.101. The lowest BCUT2D eigenvalue weighted by molar-refractivity contribution is 0.375. The van der Waals surface area contributed by atoms with Crippen molar-refractivity contribution >= 4 is 23.8 Å². The number of nitrogen functional groups attached to an aromatic ring is 2. The molecule has 2 aromatic heterocycles. The minimum atomic E-state index is 0.258. The van der Waals surface area contributed by atoms with Gasteiger partial charge in [0.2, 0.25) is 23.8 Å². The fourth-order valence-electron chi connectivity index (χ4n) is 5.87. The molecule has 0 unspecified atom stereocenters. The first-order valence-electron chi connectivity index (χ1n) is 17.1. The molecule has 0 radical (unpaired) electrons. The minimum Gasteiger partial charge on any atom is -0.368 e. The first-order chi connectivity index (χ1) is 20.6. The van der Waals surface area contributed by atoms with Gasteiger partial charge in [0.15, 0.2) is 0 Å². The Morgan fingerprint density at radius 2 is 0.810 bits per heavy atom. The number of hydrogen-bond acceptors (Lipinski definition) is 10. The Morgan fingerprint density at radius 3 is 1.17 bits per heavy atom. The number of anilines is 4. The first-order valence-corrected chi connectivity index (χ1v) is 17.1. The van der Waals surface area contributed by atoms with E-state index in [0.29, 0.717) is 11.9 Å². The van der Waals surface area contributed by atoms with Crippen molar-refractivity contribution in [3.05, 3.63) is 11.6 Å². The highest BCUT2D eigenvalue weighted by molar-refractivity contribution is 5.33. The van der Waals surface area contributed by atoms with Gasteiger partial charge in [-0.1, -0.05) is 104 Å². The van der Waals surface area contributed by atoms with Crippen molar-refractivity contribution in [1.29, 1.82) is 0 Å². The van der Waals surface area contributed by atoms with E-state index in [1.165, 1.54) is 89.9 Å². The molecule has 0 spiro atoms. The number of nitrogens with zero attached hydrogens (tertiary/aromatic N) is 6. The number of aromatic nitrogens is 6. The van der Waals surface area contributed by atoms with E-state index in [0.717, 1.165) is 63.3 Å². The normalized spacial score (nSPS) is 16.9. The second kappa shape index (κ2) is 20.2. The minimum absolute atomic E-state index is 0.258. The van der Waals surface area contributed by atoms with Gasteiger partial charge in [-0.25, -0.2) is 0 Å². The molecule has 2 heterocycles. The molecule has 6 N–H and O–H groups in total. The third kappa shape index (κ3) is 13.0. The molecule has 1 fully saturated rings. The van der Waals surface area contributed by atoms with Gasteiger partial charge in [0.1, 0.15) is 11.6 Å². The molecule has 2 aromatic rings. The average molecular weight is 583 g/mol. The summed E-state index contributed by atoms with van der Waals surface area (Å²) in [6, 6.07) is 0. The fraction of sp³-hybridized carbons (Fsp3) is 0.812. The maximum Gasteiger partial charge on any atom is 0.227 e. The monoisotopic (exact) mass is 582 g/mol. The van der Waals surface area contributed by atoms with Crippen molar-refractivity contribution < 1.29 is 0 Å². The molecule has 3 rings (SSSR count). The van der Waals surface area contributed by atoms with Gasteiger partial charge in [-0.2, -0.15) is 29.9 Å². The summed E-state index contributed by atoms with van der Waals surface area (Å²) in [5.41, 5.74) is 12.1. The number of nitrogens with two attached hydrogens (primary N) is 2. The molecule has 42 heavy (non-hydrogen) atoms. The predicted octanol–water partition coefficient (Wildman–Crippen LogP) is 7.77. The highest BCUT2D eigenvalue weighted by Crippen LogP contribution is 2.39. The van der Waals surface area contributed by atoms with Crippen molar-refractivity contribution in [3.63, 3.8) is 0 Å². The van der Waals surface area contributed by atoms with Gasteiger partial charge in [-0.05, 0) is 38.5 Å². The largest absolute Gasteiger partial charge is 0.368 e. The molecule has 0 atom stereocenters. The maximum absolute atomic E-state index is 6.07. The molecule has 1 aliphatic carbocycles. The second-order valence-corrected chi connectivity index (χ2v) is 12.1. The van der Waals surface area contributed by atoms with E-state index in [2.05, 4.69) is 44.4 Å². The van der Waals surface area contributed by atoms with Gasteiger partial charge in [-0.3, -0.25) is 0 Å². The van der Waals surface area contributed by atoms with Crippen LogP contribution in [0.1, 0.15) is 166 Å². The lowest BCUT2D eigenvalue weighted by Crippen LogP contribution is -2.19. The Hall–Kier alpha value is -2.78. The van der Waals surface area contributed by atoms with Crippen LogP contribution in [-0.4, -0.2) is 43.0 Å². The van der Waals surface area contributed by atoms with Crippen molar-refractivity contribution in [2.24, 2.45) is 0 Å². The van der Waals surface area contributed by atoms with Crippen molar-refractivity contribution in [3.8, 4) is 0 Å². The van der Waals surface area contributed by atoms with E-state index in [-0.39, 0.29) is 23.7 Å². The molecule has 10 nitrogen and oxygen atoms in total. The number of unbranched alkanes of at least 4 members (excludes halogenated alkanes) is 14. The third-order valence-corrected chi connectivity index (χ3v) is 8.42. The average Bonchev–Trinajstić information content (AvgIpc) is 2.99. The highest BCUT2D eigenvalue weighted by Gasteiger charge is 2.28. The molecule has 1 saturated carbocycles. The number of nitrogens with one attached hydrogen (secondary N) is 2. The summed E-state index contributed by atoms with van der Waals surface area (Å²) in [7, 11) is 0. The summed E-state index contributed by atoms with van der Waals surface area (Å²) in [4.78, 5) is 27.1. The standard InChI is InChI=1S/C32H58N10/c1-3-5-7-9-11-13-15-17-23-35-31-39-27(37-29(33)41-31)25-19-21-26(22-20-25)28-38-30(34)42-32(40-28)36-24-18-16-14-12-10-8-6-4-2/h25-26H,3-24H2,1-2H3,(H3,33,35,37,39,41)(H3,34,36,38,40,42). The van der Waals surface area contributed by atoms with E-state index >= 15 is 0 Å². The van der Waals surface area contributed by atoms with Crippen molar-refractivity contribution in [2.45, 2.75) is 154 Å². The number of rotatable bonds is 22. The molecule has 0 aromatic carbocycles. The Morgan fingerprint density at radius 1 is 0.476 bits per heavy atom. The third-order valence-electron chi connectivity index (χ3n) is 8.42. The summed E-state index contributed by atoms with van der Waals surface area (Å²) in [5.74, 6) is 3.88. The molecule has 236 valence electrons. The Balaban J connectivity index is 1.39. The fourth-order valence-corrected chi connectivity index (χ4v) is 5.87. The molecular formula is C32H58N10. The summed E-state index contributed by atoms with van der Waals surface area (Å²) in [5, 5.41) is 6.74. The van der Waals surface area contributed by atoms with Crippen molar-refractivity contribution in [1.82, 2.24) is 29.9 Å². The Labute approximate surface area is 254 Å². The van der Waals surface area contributed by atoms with Gasteiger partial charge in [0, 0.05) is 24.9 Å². The Bertz CT molecular complexity index is 914. The van der Waals surface area contributed by atoms with Crippen LogP contribution in [0.5, 0.6) is 0 Å². The van der Waals surface area contributed by atoms with Crippen LogP contribution in [0.25, 0.3) is 0 Å².